The molecule has 6 heteroatoms. The molecule has 1 aliphatic rings. The zero-order valence-electron chi connectivity index (χ0n) is 18.0. The summed E-state index contributed by atoms with van der Waals surface area (Å²) in [5.74, 6) is -0.342. The Balaban J connectivity index is 2.29. The molecule has 1 atom stereocenters. The molecule has 1 saturated carbocycles. The van der Waals surface area contributed by atoms with Crippen LogP contribution in [0.25, 0.3) is 0 Å². The summed E-state index contributed by atoms with van der Waals surface area (Å²) in [4.78, 5) is 14.8. The topological polar surface area (TPSA) is 63.7 Å². The molecular weight excluding hydrogens is 398 g/mol. The van der Waals surface area contributed by atoms with Gasteiger partial charge < -0.3 is 9.64 Å². The van der Waals surface area contributed by atoms with Crippen LogP contribution < -0.4 is 0 Å². The van der Waals surface area contributed by atoms with Crippen LogP contribution >= 0.6 is 0 Å². The zero-order valence-corrected chi connectivity index (χ0v) is 18.9. The van der Waals surface area contributed by atoms with E-state index in [1.165, 1.54) is 12.6 Å². The van der Waals surface area contributed by atoms with E-state index in [1.807, 2.05) is 6.92 Å². The number of esters is 1. The number of hydrogen-bond donors (Lipinski definition) is 0. The number of aryl methyl sites for hydroxylation is 1. The van der Waals surface area contributed by atoms with Gasteiger partial charge in [0.1, 0.15) is 12.1 Å². The minimum absolute atomic E-state index is 0.0489. The van der Waals surface area contributed by atoms with Gasteiger partial charge in [-0.2, -0.15) is 0 Å². The van der Waals surface area contributed by atoms with Crippen molar-refractivity contribution in [2.24, 2.45) is 0 Å². The van der Waals surface area contributed by atoms with Crippen LogP contribution in [-0.2, 0) is 19.4 Å². The van der Waals surface area contributed by atoms with Crippen LogP contribution in [0.3, 0.4) is 0 Å². The minimum atomic E-state index is -3.72. The molecule has 0 aromatic heterocycles. The molecule has 0 N–H and O–H groups in total. The number of benzene rings is 1. The van der Waals surface area contributed by atoms with Gasteiger partial charge in [0.2, 0.25) is 9.84 Å². The van der Waals surface area contributed by atoms with Gasteiger partial charge in [-0.05, 0) is 51.7 Å². The van der Waals surface area contributed by atoms with Gasteiger partial charge in [0, 0.05) is 19.2 Å². The summed E-state index contributed by atoms with van der Waals surface area (Å²) < 4.78 is 32.1. The molecule has 164 valence electrons. The zero-order chi connectivity index (χ0) is 22.1. The Hall–Kier alpha value is -2.34. The molecule has 5 nitrogen and oxygen atoms in total. The van der Waals surface area contributed by atoms with E-state index < -0.39 is 15.9 Å². The van der Waals surface area contributed by atoms with Crippen LogP contribution in [0.15, 0.2) is 65.6 Å². The van der Waals surface area contributed by atoms with Crippen LogP contribution in [-0.4, -0.2) is 38.0 Å². The third kappa shape index (κ3) is 6.33. The number of sulfone groups is 1. The Morgan fingerprint density at radius 2 is 1.80 bits per heavy atom. The van der Waals surface area contributed by atoms with Crippen molar-refractivity contribution in [3.05, 3.63) is 66.2 Å². The molecule has 0 bridgehead atoms. The lowest BCUT2D eigenvalue weighted by Gasteiger charge is -2.29. The smallest absolute Gasteiger partial charge is 0.328 e. The average Bonchev–Trinajstić information content (AvgIpc) is 2.73. The van der Waals surface area contributed by atoms with Crippen molar-refractivity contribution in [1.82, 2.24) is 4.90 Å². The van der Waals surface area contributed by atoms with Crippen molar-refractivity contribution in [2.75, 3.05) is 6.54 Å². The summed E-state index contributed by atoms with van der Waals surface area (Å²) in [7, 11) is -3.72. The van der Waals surface area contributed by atoms with Crippen LogP contribution in [0.2, 0.25) is 0 Å². The second kappa shape index (κ2) is 11.2. The molecule has 30 heavy (non-hydrogen) atoms. The van der Waals surface area contributed by atoms with Crippen LogP contribution in [0.4, 0.5) is 0 Å². The molecule has 1 aliphatic carbocycles. The lowest BCUT2D eigenvalue weighted by Crippen LogP contribution is -2.39. The lowest BCUT2D eigenvalue weighted by atomic mass is 9.98. The maximum atomic E-state index is 13.2. The number of nitrogens with zero attached hydrogens (tertiary/aromatic N) is 1. The van der Waals surface area contributed by atoms with Gasteiger partial charge in [0.15, 0.2) is 0 Å². The standard InChI is InChI=1S/C24H33NO4S/c1-5-10-23(30(27,28)22-15-13-19(3)14-16-22)18-25(17-6-2)20(4)24(26)29-21-11-8-7-9-12-21/h5-6,13-16,18,20-21H,1-2,7-12,17H2,3-4H3/b23-18+/t20-/m0/s1. The first-order chi connectivity index (χ1) is 14.3. The first kappa shape index (κ1) is 23.9. The predicted molar refractivity (Wildman–Crippen MR) is 121 cm³/mol. The minimum Gasteiger partial charge on any atom is -0.461 e. The highest BCUT2D eigenvalue weighted by Crippen LogP contribution is 2.25. The summed E-state index contributed by atoms with van der Waals surface area (Å²) in [6.45, 7) is 11.4. The summed E-state index contributed by atoms with van der Waals surface area (Å²) >= 11 is 0. The molecule has 1 fully saturated rings. The van der Waals surface area contributed by atoms with Gasteiger partial charge in [-0.1, -0.05) is 36.3 Å². The van der Waals surface area contributed by atoms with Crippen LogP contribution in [0.1, 0.15) is 51.0 Å². The number of ether oxygens (including phenoxy) is 1. The van der Waals surface area contributed by atoms with E-state index in [1.54, 1.807) is 48.2 Å². The molecule has 0 amide bonds. The highest BCUT2D eigenvalue weighted by molar-refractivity contribution is 7.95. The van der Waals surface area contributed by atoms with Crippen molar-refractivity contribution >= 4 is 15.8 Å². The Morgan fingerprint density at radius 3 is 2.37 bits per heavy atom. The van der Waals surface area contributed by atoms with E-state index in [4.69, 9.17) is 4.74 Å². The van der Waals surface area contributed by atoms with Crippen LogP contribution in [0, 0.1) is 6.92 Å². The second-order valence-electron chi connectivity index (χ2n) is 7.76. The van der Waals surface area contributed by atoms with Crippen molar-refractivity contribution < 1.29 is 17.9 Å². The normalized spacial score (nSPS) is 16.5. The van der Waals surface area contributed by atoms with Crippen LogP contribution in [0.5, 0.6) is 0 Å². The van der Waals surface area contributed by atoms with Gasteiger partial charge in [-0.3, -0.25) is 0 Å². The third-order valence-electron chi connectivity index (χ3n) is 5.35. The van der Waals surface area contributed by atoms with Crippen molar-refractivity contribution in [2.45, 2.75) is 69.4 Å². The highest BCUT2D eigenvalue weighted by atomic mass is 32.2. The van der Waals surface area contributed by atoms with E-state index >= 15 is 0 Å². The first-order valence-electron chi connectivity index (χ1n) is 10.5. The Labute approximate surface area is 181 Å². The number of rotatable bonds is 10. The lowest BCUT2D eigenvalue weighted by molar-refractivity contribution is -0.155. The fourth-order valence-electron chi connectivity index (χ4n) is 3.48. The molecule has 0 saturated heterocycles. The van der Waals surface area contributed by atoms with E-state index in [0.29, 0.717) is 6.54 Å². The predicted octanol–water partition coefficient (Wildman–Crippen LogP) is 4.94. The molecule has 0 heterocycles. The summed E-state index contributed by atoms with van der Waals surface area (Å²) in [6.07, 6.45) is 9.93. The quantitative estimate of drug-likeness (QED) is 0.388. The summed E-state index contributed by atoms with van der Waals surface area (Å²) in [6, 6.07) is 6.10. The van der Waals surface area contributed by atoms with Gasteiger partial charge >= 0.3 is 5.97 Å². The second-order valence-corrected chi connectivity index (χ2v) is 9.77. The molecule has 0 spiro atoms. The monoisotopic (exact) mass is 431 g/mol. The summed E-state index contributed by atoms with van der Waals surface area (Å²) in [5.41, 5.74) is 0.982. The van der Waals surface area contributed by atoms with E-state index in [0.717, 1.165) is 31.2 Å². The number of carbonyl (C=O) groups is 1. The Bertz CT molecular complexity index is 865. The summed E-state index contributed by atoms with van der Waals surface area (Å²) in [5, 5.41) is 0. The number of allylic oxidation sites excluding steroid dienone is 2. The molecule has 1 aromatic carbocycles. The molecule has 0 unspecified atom stereocenters. The van der Waals surface area contributed by atoms with Gasteiger partial charge in [-0.25, -0.2) is 13.2 Å². The molecule has 0 radical (unpaired) electrons. The van der Waals surface area contributed by atoms with E-state index in [9.17, 15) is 13.2 Å². The molecule has 2 rings (SSSR count). The average molecular weight is 432 g/mol. The highest BCUT2D eigenvalue weighted by Gasteiger charge is 2.27. The maximum absolute atomic E-state index is 13.2. The number of hydrogen-bond acceptors (Lipinski definition) is 5. The molecular formula is C24H33NO4S. The van der Waals surface area contributed by atoms with Crippen molar-refractivity contribution in [3.8, 4) is 0 Å². The molecule has 1 aromatic rings. The maximum Gasteiger partial charge on any atom is 0.328 e. The first-order valence-corrected chi connectivity index (χ1v) is 12.0. The third-order valence-corrected chi connectivity index (χ3v) is 7.20. The van der Waals surface area contributed by atoms with Crippen molar-refractivity contribution in [1.29, 1.82) is 0 Å². The van der Waals surface area contributed by atoms with Gasteiger partial charge in [0.25, 0.3) is 0 Å². The van der Waals surface area contributed by atoms with Gasteiger partial charge in [-0.15, -0.1) is 13.2 Å². The SMILES string of the molecule is C=CC/C(=C\N(CC=C)[C@@H](C)C(=O)OC1CCCCC1)S(=O)(=O)c1ccc(C)cc1. The van der Waals surface area contributed by atoms with E-state index in [-0.39, 0.29) is 28.3 Å². The largest absolute Gasteiger partial charge is 0.461 e. The fourth-order valence-corrected chi connectivity index (χ4v) is 4.89. The Morgan fingerprint density at radius 1 is 1.17 bits per heavy atom. The van der Waals surface area contributed by atoms with E-state index in [2.05, 4.69) is 13.2 Å². The fraction of sp³-hybridized carbons (Fsp3) is 0.458. The molecule has 0 aliphatic heterocycles. The number of carbonyl (C=O) groups excluding carboxylic acids is 1. The van der Waals surface area contributed by atoms with Gasteiger partial charge in [0.05, 0.1) is 9.80 Å². The Kier molecular flexibility index (Phi) is 8.90. The van der Waals surface area contributed by atoms with Crippen molar-refractivity contribution in [3.63, 3.8) is 0 Å².